The topological polar surface area (TPSA) is 91.2 Å². The van der Waals surface area contributed by atoms with Crippen LogP contribution in [0.3, 0.4) is 0 Å². The molecule has 4 aliphatic rings. The van der Waals surface area contributed by atoms with Gasteiger partial charge in [0.1, 0.15) is 0 Å². The number of carbonyl (C=O) groups excluding carboxylic acids is 1. The third kappa shape index (κ3) is 2.73. The smallest absolute Gasteiger partial charge is 0.243 e. The summed E-state index contributed by atoms with van der Waals surface area (Å²) in [5.41, 5.74) is 1.84. The van der Waals surface area contributed by atoms with Gasteiger partial charge in [-0.2, -0.15) is 9.42 Å². The molecule has 7 nitrogen and oxygen atoms in total. The maximum absolute atomic E-state index is 13.3. The van der Waals surface area contributed by atoms with Crippen LogP contribution in [0.25, 0.3) is 0 Å². The predicted octanol–water partition coefficient (Wildman–Crippen LogP) is 2.99. The zero-order valence-corrected chi connectivity index (χ0v) is 17.4. The zero-order valence-electron chi connectivity index (χ0n) is 16.6. The van der Waals surface area contributed by atoms with E-state index in [0.29, 0.717) is 31.8 Å². The van der Waals surface area contributed by atoms with Crippen molar-refractivity contribution in [3.05, 3.63) is 53.0 Å². The molecule has 1 N–H and O–H groups in total. The summed E-state index contributed by atoms with van der Waals surface area (Å²) in [6.07, 6.45) is 1.79. The third-order valence-electron chi connectivity index (χ3n) is 6.50. The Balaban J connectivity index is 1.59. The highest BCUT2D eigenvalue weighted by Gasteiger charge is 2.55. The maximum Gasteiger partial charge on any atom is 0.243 e. The molecule has 29 heavy (non-hydrogen) atoms. The Morgan fingerprint density at radius 2 is 1.90 bits per heavy atom. The summed E-state index contributed by atoms with van der Waals surface area (Å²) in [7, 11) is -3.63. The van der Waals surface area contributed by atoms with Crippen molar-refractivity contribution in [3.8, 4) is 0 Å². The van der Waals surface area contributed by atoms with Gasteiger partial charge in [0.25, 0.3) is 0 Å². The lowest BCUT2D eigenvalue weighted by molar-refractivity contribution is -0.119. The van der Waals surface area contributed by atoms with E-state index < -0.39 is 15.4 Å². The van der Waals surface area contributed by atoms with Gasteiger partial charge in [-0.3, -0.25) is 4.79 Å². The van der Waals surface area contributed by atoms with Crippen LogP contribution in [-0.4, -0.2) is 38.1 Å². The average molecular weight is 413 g/mol. The van der Waals surface area contributed by atoms with Gasteiger partial charge >= 0.3 is 0 Å². The highest BCUT2D eigenvalue weighted by Crippen LogP contribution is 2.54. The molecule has 1 aromatic carbocycles. The number of Topliss-reactive ketones (excluding diaryl/α,β-unsaturated/α-hetero) is 1. The van der Waals surface area contributed by atoms with Gasteiger partial charge in [0.15, 0.2) is 11.6 Å². The van der Waals surface area contributed by atoms with E-state index >= 15 is 0 Å². The molecular formula is C21H24N4O3S. The highest BCUT2D eigenvalue weighted by atomic mass is 32.2. The van der Waals surface area contributed by atoms with E-state index in [0.717, 1.165) is 23.3 Å². The molecule has 5 rings (SSSR count). The minimum absolute atomic E-state index is 0.112. The molecule has 1 saturated heterocycles. The molecular weight excluding hydrogens is 388 g/mol. The first-order chi connectivity index (χ1) is 13.7. The number of benzene rings is 1. The molecule has 0 bridgehead atoms. The van der Waals surface area contributed by atoms with Crippen molar-refractivity contribution in [2.45, 2.75) is 38.0 Å². The van der Waals surface area contributed by atoms with E-state index in [1.807, 2.05) is 0 Å². The molecule has 152 valence electrons. The monoisotopic (exact) mass is 412 g/mol. The molecule has 0 aromatic heterocycles. The van der Waals surface area contributed by atoms with Gasteiger partial charge in [0, 0.05) is 41.8 Å². The van der Waals surface area contributed by atoms with Crippen molar-refractivity contribution in [3.63, 3.8) is 0 Å². The zero-order chi connectivity index (χ0) is 20.4. The Labute approximate surface area is 170 Å². The van der Waals surface area contributed by atoms with Crippen LogP contribution < -0.4 is 5.32 Å². The van der Waals surface area contributed by atoms with Crippen LogP contribution in [-0.2, 0) is 14.8 Å². The number of carbonyl (C=O) groups is 1. The standard InChI is InChI=1S/C21H24N4O3S/c1-20(2)10-16-18(17(26)11-20)21(15-12-22-24-19(15)23-16)8-9-25(13-21)29(27,28)14-6-4-3-5-7-14/h3-7,23H,8-13H2,1-2H3/t21-/m1/s1. The number of allylic oxidation sites excluding steroid dienone is 1. The van der Waals surface area contributed by atoms with Gasteiger partial charge in [-0.1, -0.05) is 32.0 Å². The van der Waals surface area contributed by atoms with Crippen LogP contribution in [0.2, 0.25) is 0 Å². The Bertz CT molecular complexity index is 1100. The summed E-state index contributed by atoms with van der Waals surface area (Å²) in [4.78, 5) is 13.6. The number of nitrogens with zero attached hydrogens (tertiary/aromatic N) is 3. The van der Waals surface area contributed by atoms with Gasteiger partial charge in [-0.15, -0.1) is 5.11 Å². The summed E-state index contributed by atoms with van der Waals surface area (Å²) in [5.74, 6) is 0.814. The van der Waals surface area contributed by atoms with E-state index in [4.69, 9.17) is 0 Å². The fourth-order valence-electron chi connectivity index (χ4n) is 5.24. The molecule has 1 aromatic rings. The Morgan fingerprint density at radius 3 is 2.66 bits per heavy atom. The summed E-state index contributed by atoms with van der Waals surface area (Å²) in [5, 5.41) is 11.8. The lowest BCUT2D eigenvalue weighted by Crippen LogP contribution is -2.45. The number of azo groups is 1. The second-order valence-electron chi connectivity index (χ2n) is 9.13. The Hall–Kier alpha value is -2.32. The summed E-state index contributed by atoms with van der Waals surface area (Å²) in [6, 6.07) is 8.49. The minimum Gasteiger partial charge on any atom is -0.342 e. The van der Waals surface area contributed by atoms with Crippen molar-refractivity contribution in [1.82, 2.24) is 9.62 Å². The quantitative estimate of drug-likeness (QED) is 0.808. The predicted molar refractivity (Wildman–Crippen MR) is 107 cm³/mol. The van der Waals surface area contributed by atoms with Gasteiger partial charge in [0.2, 0.25) is 10.0 Å². The first-order valence-corrected chi connectivity index (χ1v) is 11.4. The first-order valence-electron chi connectivity index (χ1n) is 9.93. The van der Waals surface area contributed by atoms with Crippen molar-refractivity contribution in [2.75, 3.05) is 19.6 Å². The summed E-state index contributed by atoms with van der Waals surface area (Å²) >= 11 is 0. The SMILES string of the molecule is CC1(C)CC(=O)C2=C(C1)NC1=C(CN=N1)[C@]21CCN(S(=O)(=O)c2ccccc2)C1. The van der Waals surface area contributed by atoms with E-state index in [1.54, 1.807) is 30.3 Å². The normalized spacial score (nSPS) is 28.7. The van der Waals surface area contributed by atoms with Gasteiger partial charge in [-0.05, 0) is 30.4 Å². The number of hydrogen-bond acceptors (Lipinski definition) is 6. The van der Waals surface area contributed by atoms with Crippen LogP contribution >= 0.6 is 0 Å². The van der Waals surface area contributed by atoms with Crippen LogP contribution in [0.4, 0.5) is 0 Å². The van der Waals surface area contributed by atoms with Crippen molar-refractivity contribution in [1.29, 1.82) is 0 Å². The molecule has 1 fully saturated rings. The van der Waals surface area contributed by atoms with Crippen molar-refractivity contribution in [2.24, 2.45) is 21.1 Å². The van der Waals surface area contributed by atoms with Crippen LogP contribution in [0.15, 0.2) is 68.1 Å². The Kier molecular flexibility index (Phi) is 3.93. The largest absolute Gasteiger partial charge is 0.342 e. The average Bonchev–Trinajstić information content (AvgIpc) is 3.29. The molecule has 1 spiro atoms. The molecule has 0 radical (unpaired) electrons. The molecule has 1 aliphatic carbocycles. The lowest BCUT2D eigenvalue weighted by atomic mass is 9.63. The second kappa shape index (κ2) is 6.09. The van der Waals surface area contributed by atoms with Crippen molar-refractivity contribution < 1.29 is 13.2 Å². The summed E-state index contributed by atoms with van der Waals surface area (Å²) < 4.78 is 28.0. The minimum atomic E-state index is -3.63. The molecule has 3 heterocycles. The van der Waals surface area contributed by atoms with Crippen LogP contribution in [0.1, 0.15) is 33.1 Å². The van der Waals surface area contributed by atoms with Gasteiger partial charge in [-0.25, -0.2) is 8.42 Å². The Morgan fingerprint density at radius 1 is 1.14 bits per heavy atom. The number of fused-ring (bicyclic) bond motifs is 2. The van der Waals surface area contributed by atoms with Crippen LogP contribution in [0, 0.1) is 10.8 Å². The number of ketones is 1. The maximum atomic E-state index is 13.3. The van der Waals surface area contributed by atoms with E-state index in [2.05, 4.69) is 29.4 Å². The number of sulfonamides is 1. The molecule has 0 unspecified atom stereocenters. The van der Waals surface area contributed by atoms with Crippen molar-refractivity contribution >= 4 is 15.8 Å². The second-order valence-corrected chi connectivity index (χ2v) is 11.1. The fourth-order valence-corrected chi connectivity index (χ4v) is 6.76. The van der Waals surface area contributed by atoms with E-state index in [9.17, 15) is 13.2 Å². The molecule has 3 aliphatic heterocycles. The lowest BCUT2D eigenvalue weighted by Gasteiger charge is -2.43. The molecule has 0 saturated carbocycles. The molecule has 8 heteroatoms. The van der Waals surface area contributed by atoms with E-state index in [1.165, 1.54) is 4.31 Å². The molecule has 0 amide bonds. The highest BCUT2D eigenvalue weighted by molar-refractivity contribution is 7.89. The number of hydrogen-bond donors (Lipinski definition) is 1. The third-order valence-corrected chi connectivity index (χ3v) is 8.36. The van der Waals surface area contributed by atoms with Crippen LogP contribution in [0.5, 0.6) is 0 Å². The summed E-state index contributed by atoms with van der Waals surface area (Å²) in [6.45, 7) is 5.23. The number of nitrogens with one attached hydrogen (secondary N) is 1. The van der Waals surface area contributed by atoms with Gasteiger partial charge in [0.05, 0.1) is 11.4 Å². The number of dihydropyridines is 1. The first kappa shape index (κ1) is 18.7. The van der Waals surface area contributed by atoms with Gasteiger partial charge < -0.3 is 5.32 Å². The number of rotatable bonds is 2. The molecule has 1 atom stereocenters. The van der Waals surface area contributed by atoms with E-state index in [-0.39, 0.29) is 22.6 Å². The fraction of sp³-hybridized carbons (Fsp3) is 0.476.